The van der Waals surface area contributed by atoms with E-state index in [1.54, 1.807) is 12.1 Å². The van der Waals surface area contributed by atoms with Crippen molar-refractivity contribution < 1.29 is 9.72 Å². The van der Waals surface area contributed by atoms with Crippen LogP contribution in [0.25, 0.3) is 0 Å². The topological polar surface area (TPSA) is 72.2 Å². The highest BCUT2D eigenvalue weighted by Crippen LogP contribution is 2.39. The Morgan fingerprint density at radius 2 is 2.05 bits per heavy atom. The van der Waals surface area contributed by atoms with Crippen molar-refractivity contribution in [1.29, 1.82) is 0 Å². The van der Waals surface area contributed by atoms with E-state index in [0.717, 1.165) is 12.1 Å². The number of carbonyl (C=O) groups excluding carboxylic acids is 1. The SMILES string of the molecule is CC1(C)CC(=O)C(I)=C(Nc2cccc([N+](=O)[O-])c2)C1. The molecule has 1 aliphatic carbocycles. The maximum atomic E-state index is 12.0. The molecule has 5 nitrogen and oxygen atoms in total. The molecule has 0 aliphatic heterocycles. The average Bonchev–Trinajstić information content (AvgIpc) is 2.35. The predicted octanol–water partition coefficient (Wildman–Crippen LogP) is 4.04. The van der Waals surface area contributed by atoms with E-state index in [9.17, 15) is 14.9 Å². The number of hydrogen-bond acceptors (Lipinski definition) is 4. The molecule has 1 aromatic rings. The molecule has 20 heavy (non-hydrogen) atoms. The van der Waals surface area contributed by atoms with Crippen LogP contribution in [-0.2, 0) is 4.79 Å². The van der Waals surface area contributed by atoms with Crippen LogP contribution in [0.15, 0.2) is 33.5 Å². The first-order chi connectivity index (χ1) is 9.28. The molecule has 0 unspecified atom stereocenters. The second-order valence-electron chi connectivity index (χ2n) is 5.67. The Kier molecular flexibility index (Phi) is 4.12. The minimum atomic E-state index is -0.430. The third kappa shape index (κ3) is 3.36. The van der Waals surface area contributed by atoms with E-state index in [0.29, 0.717) is 15.7 Å². The summed E-state index contributed by atoms with van der Waals surface area (Å²) in [5.41, 5.74) is 1.42. The van der Waals surface area contributed by atoms with Gasteiger partial charge in [0, 0.05) is 29.9 Å². The van der Waals surface area contributed by atoms with Crippen molar-refractivity contribution >= 4 is 39.7 Å². The molecule has 1 N–H and O–H groups in total. The number of halogens is 1. The molecule has 0 bridgehead atoms. The maximum absolute atomic E-state index is 12.0. The molecule has 0 spiro atoms. The van der Waals surface area contributed by atoms with E-state index in [4.69, 9.17) is 0 Å². The second-order valence-corrected chi connectivity index (χ2v) is 6.74. The summed E-state index contributed by atoms with van der Waals surface area (Å²) in [4.78, 5) is 22.3. The van der Waals surface area contributed by atoms with Gasteiger partial charge in [-0.1, -0.05) is 19.9 Å². The first-order valence-corrected chi connectivity index (χ1v) is 7.30. The summed E-state index contributed by atoms with van der Waals surface area (Å²) in [6, 6.07) is 6.31. The molecule has 0 saturated carbocycles. The first kappa shape index (κ1) is 15.0. The summed E-state index contributed by atoms with van der Waals surface area (Å²) in [7, 11) is 0. The largest absolute Gasteiger partial charge is 0.358 e. The molecule has 0 aromatic heterocycles. The van der Waals surface area contributed by atoms with Crippen LogP contribution in [0, 0.1) is 15.5 Å². The second kappa shape index (κ2) is 5.51. The van der Waals surface area contributed by atoms with E-state index in [1.807, 2.05) is 36.4 Å². The van der Waals surface area contributed by atoms with Gasteiger partial charge in [-0.25, -0.2) is 0 Å². The first-order valence-electron chi connectivity index (χ1n) is 6.22. The number of nitrogens with zero attached hydrogens (tertiary/aromatic N) is 1. The van der Waals surface area contributed by atoms with Gasteiger partial charge in [-0.3, -0.25) is 14.9 Å². The number of ketones is 1. The lowest BCUT2D eigenvalue weighted by atomic mass is 9.79. The zero-order valence-corrected chi connectivity index (χ0v) is 13.4. The number of nitrogens with one attached hydrogen (secondary N) is 1. The Balaban J connectivity index is 2.29. The molecule has 2 rings (SSSR count). The monoisotopic (exact) mass is 386 g/mol. The van der Waals surface area contributed by atoms with Gasteiger partial charge >= 0.3 is 0 Å². The normalized spacial score (nSPS) is 18.1. The molecule has 0 heterocycles. The lowest BCUT2D eigenvalue weighted by Crippen LogP contribution is -2.26. The highest BCUT2D eigenvalue weighted by molar-refractivity contribution is 14.1. The van der Waals surface area contributed by atoms with Gasteiger partial charge in [0.2, 0.25) is 0 Å². The fourth-order valence-electron chi connectivity index (χ4n) is 2.27. The molecule has 0 amide bonds. The molecule has 6 heteroatoms. The molecule has 0 atom stereocenters. The standard InChI is InChI=1S/C14H15IN2O3/c1-14(2)7-11(13(15)12(18)8-14)16-9-4-3-5-10(6-9)17(19)20/h3-6,16H,7-8H2,1-2H3. The van der Waals surface area contributed by atoms with Gasteiger partial charge in [0.1, 0.15) is 0 Å². The van der Waals surface area contributed by atoms with Crippen molar-refractivity contribution in [3.05, 3.63) is 43.7 Å². The molecule has 1 aromatic carbocycles. The van der Waals surface area contributed by atoms with Gasteiger partial charge in [0.15, 0.2) is 5.78 Å². The predicted molar refractivity (Wildman–Crippen MR) is 85.8 cm³/mol. The van der Waals surface area contributed by atoms with Crippen LogP contribution in [-0.4, -0.2) is 10.7 Å². The summed E-state index contributed by atoms with van der Waals surface area (Å²) < 4.78 is 0.688. The van der Waals surface area contributed by atoms with E-state index < -0.39 is 4.92 Å². The lowest BCUT2D eigenvalue weighted by Gasteiger charge is -2.31. The van der Waals surface area contributed by atoms with Crippen LogP contribution in [0.5, 0.6) is 0 Å². The van der Waals surface area contributed by atoms with Gasteiger partial charge in [0.25, 0.3) is 5.69 Å². The Morgan fingerprint density at radius 1 is 1.35 bits per heavy atom. The number of Topliss-reactive ketones (excluding diaryl/α,β-unsaturated/α-hetero) is 1. The van der Waals surface area contributed by atoms with Crippen molar-refractivity contribution in [2.45, 2.75) is 26.7 Å². The molecule has 0 fully saturated rings. The zero-order valence-electron chi connectivity index (χ0n) is 11.3. The highest BCUT2D eigenvalue weighted by atomic mass is 127. The van der Waals surface area contributed by atoms with Crippen LogP contribution in [0.1, 0.15) is 26.7 Å². The van der Waals surface area contributed by atoms with E-state index >= 15 is 0 Å². The number of nitro groups is 1. The van der Waals surface area contributed by atoms with E-state index in [2.05, 4.69) is 5.32 Å². The van der Waals surface area contributed by atoms with Gasteiger partial charge in [-0.15, -0.1) is 0 Å². The third-order valence-electron chi connectivity index (χ3n) is 3.16. The summed E-state index contributed by atoms with van der Waals surface area (Å²) in [5.74, 6) is 0.120. The summed E-state index contributed by atoms with van der Waals surface area (Å²) in [6.45, 7) is 4.09. The minimum Gasteiger partial charge on any atom is -0.358 e. The van der Waals surface area contributed by atoms with Gasteiger partial charge in [0.05, 0.1) is 8.50 Å². The Morgan fingerprint density at radius 3 is 2.70 bits per heavy atom. The smallest absolute Gasteiger partial charge is 0.271 e. The minimum absolute atomic E-state index is 0.0343. The van der Waals surface area contributed by atoms with Crippen LogP contribution < -0.4 is 5.32 Å². The Hall–Kier alpha value is -1.44. The Bertz CT molecular complexity index is 608. The van der Waals surface area contributed by atoms with Crippen molar-refractivity contribution in [2.75, 3.05) is 5.32 Å². The number of carbonyl (C=O) groups is 1. The van der Waals surface area contributed by atoms with Crippen molar-refractivity contribution in [3.63, 3.8) is 0 Å². The summed E-state index contributed by atoms with van der Waals surface area (Å²) >= 11 is 2.04. The molecular formula is C14H15IN2O3. The van der Waals surface area contributed by atoms with Gasteiger partial charge < -0.3 is 5.32 Å². The molecular weight excluding hydrogens is 371 g/mol. The van der Waals surface area contributed by atoms with Crippen molar-refractivity contribution in [3.8, 4) is 0 Å². The third-order valence-corrected chi connectivity index (χ3v) is 4.41. The lowest BCUT2D eigenvalue weighted by molar-refractivity contribution is -0.384. The summed E-state index contributed by atoms with van der Waals surface area (Å²) in [6.07, 6.45) is 1.28. The number of non-ortho nitro benzene ring substituents is 1. The van der Waals surface area contributed by atoms with Crippen LogP contribution in [0.2, 0.25) is 0 Å². The maximum Gasteiger partial charge on any atom is 0.271 e. The highest BCUT2D eigenvalue weighted by Gasteiger charge is 2.32. The van der Waals surface area contributed by atoms with Crippen LogP contribution in [0.4, 0.5) is 11.4 Å². The molecule has 106 valence electrons. The molecule has 0 radical (unpaired) electrons. The number of hydrogen-bond donors (Lipinski definition) is 1. The summed E-state index contributed by atoms with van der Waals surface area (Å²) in [5, 5.41) is 13.9. The molecule has 1 aliphatic rings. The molecule has 0 saturated heterocycles. The fraction of sp³-hybridized carbons (Fsp3) is 0.357. The number of anilines is 1. The zero-order chi connectivity index (χ0) is 14.9. The number of allylic oxidation sites excluding steroid dienone is 2. The van der Waals surface area contributed by atoms with Crippen molar-refractivity contribution in [2.24, 2.45) is 5.41 Å². The quantitative estimate of drug-likeness (QED) is 0.484. The van der Waals surface area contributed by atoms with E-state index in [1.165, 1.54) is 12.1 Å². The number of nitro benzene ring substituents is 1. The fourth-order valence-corrected chi connectivity index (χ4v) is 2.79. The number of rotatable bonds is 3. The number of benzene rings is 1. The Labute approximate surface area is 130 Å². The van der Waals surface area contributed by atoms with Crippen LogP contribution >= 0.6 is 22.6 Å². The average molecular weight is 386 g/mol. The van der Waals surface area contributed by atoms with Crippen molar-refractivity contribution in [1.82, 2.24) is 0 Å². The van der Waals surface area contributed by atoms with Gasteiger partial charge in [-0.2, -0.15) is 0 Å². The van der Waals surface area contributed by atoms with E-state index in [-0.39, 0.29) is 16.9 Å². The van der Waals surface area contributed by atoms with Gasteiger partial charge in [-0.05, 0) is 40.5 Å². The van der Waals surface area contributed by atoms with Crippen LogP contribution in [0.3, 0.4) is 0 Å².